The van der Waals surface area contributed by atoms with E-state index in [1.165, 1.54) is 0 Å². The highest BCUT2D eigenvalue weighted by atomic mass is 16.5. The maximum Gasteiger partial charge on any atom is 0.243 e. The Morgan fingerprint density at radius 3 is 2.79 bits per heavy atom. The normalized spacial score (nSPS) is 17.5. The second kappa shape index (κ2) is 6.16. The van der Waals surface area contributed by atoms with Gasteiger partial charge in [-0.1, -0.05) is 12.1 Å². The van der Waals surface area contributed by atoms with E-state index in [-0.39, 0.29) is 6.04 Å². The maximum atomic E-state index is 5.38. The standard InChI is InChI=1S/C15H20N8O/c1-3-12-17-15(24-20-12)11(2)21-6-8-22(9-7-21)14-5-4-13-18-16-10-23(13)19-14/h4-5,10-11H,3,6-9H2,1-2H3/t11-/m1/s1. The van der Waals surface area contributed by atoms with Crippen LogP contribution in [-0.2, 0) is 6.42 Å². The molecule has 3 aromatic heterocycles. The van der Waals surface area contributed by atoms with E-state index in [4.69, 9.17) is 4.52 Å². The third-order valence-corrected chi connectivity index (χ3v) is 4.49. The molecular formula is C15H20N8O. The topological polar surface area (TPSA) is 88.5 Å². The average molecular weight is 328 g/mol. The van der Waals surface area contributed by atoms with Crippen molar-refractivity contribution in [3.05, 3.63) is 30.2 Å². The van der Waals surface area contributed by atoms with Gasteiger partial charge < -0.3 is 9.42 Å². The predicted octanol–water partition coefficient (Wildman–Crippen LogP) is 0.953. The van der Waals surface area contributed by atoms with Crippen molar-refractivity contribution < 1.29 is 4.52 Å². The number of fused-ring (bicyclic) bond motifs is 1. The number of rotatable bonds is 4. The van der Waals surface area contributed by atoms with Gasteiger partial charge in [0.05, 0.1) is 6.04 Å². The van der Waals surface area contributed by atoms with Crippen molar-refractivity contribution in [2.45, 2.75) is 26.3 Å². The number of aryl methyl sites for hydroxylation is 1. The van der Waals surface area contributed by atoms with Gasteiger partial charge in [0.1, 0.15) is 12.1 Å². The van der Waals surface area contributed by atoms with Gasteiger partial charge in [-0.05, 0) is 19.1 Å². The first-order valence-electron chi connectivity index (χ1n) is 8.23. The summed E-state index contributed by atoms with van der Waals surface area (Å²) in [5, 5.41) is 16.4. The number of hydrogen-bond acceptors (Lipinski definition) is 8. The molecule has 1 atom stereocenters. The summed E-state index contributed by atoms with van der Waals surface area (Å²) in [6.45, 7) is 7.79. The molecule has 3 aromatic rings. The first-order chi connectivity index (χ1) is 11.7. The highest BCUT2D eigenvalue weighted by molar-refractivity contribution is 5.45. The lowest BCUT2D eigenvalue weighted by atomic mass is 10.2. The molecule has 0 aliphatic carbocycles. The Kier molecular flexibility index (Phi) is 3.85. The predicted molar refractivity (Wildman–Crippen MR) is 86.7 cm³/mol. The maximum absolute atomic E-state index is 5.38. The Morgan fingerprint density at radius 2 is 2.04 bits per heavy atom. The Hall–Kier alpha value is -2.55. The molecule has 9 nitrogen and oxygen atoms in total. The minimum absolute atomic E-state index is 0.133. The molecule has 4 heterocycles. The van der Waals surface area contributed by atoms with E-state index in [0.717, 1.165) is 49.9 Å². The second-order valence-corrected chi connectivity index (χ2v) is 5.93. The molecule has 1 saturated heterocycles. The summed E-state index contributed by atoms with van der Waals surface area (Å²) in [6.07, 6.45) is 2.42. The van der Waals surface area contributed by atoms with Crippen molar-refractivity contribution in [2.24, 2.45) is 0 Å². The van der Waals surface area contributed by atoms with Crippen LogP contribution in [0.3, 0.4) is 0 Å². The van der Waals surface area contributed by atoms with Gasteiger partial charge in [-0.25, -0.2) is 0 Å². The number of aromatic nitrogens is 6. The van der Waals surface area contributed by atoms with Crippen molar-refractivity contribution in [3.63, 3.8) is 0 Å². The van der Waals surface area contributed by atoms with Gasteiger partial charge in [-0.3, -0.25) is 4.90 Å². The Balaban J connectivity index is 1.42. The minimum atomic E-state index is 0.133. The lowest BCUT2D eigenvalue weighted by Gasteiger charge is -2.37. The van der Waals surface area contributed by atoms with E-state index in [9.17, 15) is 0 Å². The Bertz CT molecular complexity index is 820. The van der Waals surface area contributed by atoms with Gasteiger partial charge in [-0.15, -0.1) is 15.3 Å². The van der Waals surface area contributed by atoms with Crippen LogP contribution < -0.4 is 4.90 Å². The van der Waals surface area contributed by atoms with E-state index in [1.807, 2.05) is 19.1 Å². The summed E-state index contributed by atoms with van der Waals surface area (Å²) in [6, 6.07) is 4.07. The van der Waals surface area contributed by atoms with Crippen LogP contribution in [0.5, 0.6) is 0 Å². The third-order valence-electron chi connectivity index (χ3n) is 4.49. The molecule has 9 heteroatoms. The van der Waals surface area contributed by atoms with Gasteiger partial charge in [0.25, 0.3) is 0 Å². The molecule has 1 aliphatic heterocycles. The summed E-state index contributed by atoms with van der Waals surface area (Å²) in [5.74, 6) is 2.41. The van der Waals surface area contributed by atoms with Crippen LogP contribution in [0.2, 0.25) is 0 Å². The van der Waals surface area contributed by atoms with E-state index < -0.39 is 0 Å². The van der Waals surface area contributed by atoms with E-state index in [1.54, 1.807) is 10.8 Å². The van der Waals surface area contributed by atoms with E-state index in [2.05, 4.69) is 42.2 Å². The molecule has 0 radical (unpaired) electrons. The highest BCUT2D eigenvalue weighted by Gasteiger charge is 2.26. The summed E-state index contributed by atoms with van der Waals surface area (Å²) in [5.41, 5.74) is 0.758. The Morgan fingerprint density at radius 1 is 1.21 bits per heavy atom. The minimum Gasteiger partial charge on any atom is -0.353 e. The van der Waals surface area contributed by atoms with Gasteiger partial charge in [0.2, 0.25) is 5.89 Å². The van der Waals surface area contributed by atoms with E-state index >= 15 is 0 Å². The fraction of sp³-hybridized carbons (Fsp3) is 0.533. The van der Waals surface area contributed by atoms with Crippen LogP contribution >= 0.6 is 0 Å². The summed E-state index contributed by atoms with van der Waals surface area (Å²) < 4.78 is 7.08. The fourth-order valence-corrected chi connectivity index (χ4v) is 2.96. The van der Waals surface area contributed by atoms with Gasteiger partial charge in [-0.2, -0.15) is 9.50 Å². The molecule has 0 spiro atoms. The summed E-state index contributed by atoms with van der Waals surface area (Å²) in [4.78, 5) is 9.08. The third kappa shape index (κ3) is 2.71. The molecule has 0 amide bonds. The fourth-order valence-electron chi connectivity index (χ4n) is 2.96. The van der Waals surface area contributed by atoms with Crippen molar-refractivity contribution in [2.75, 3.05) is 31.1 Å². The summed E-state index contributed by atoms with van der Waals surface area (Å²) in [7, 11) is 0. The second-order valence-electron chi connectivity index (χ2n) is 5.93. The first-order valence-corrected chi connectivity index (χ1v) is 8.23. The number of anilines is 1. The number of piperazine rings is 1. The van der Waals surface area contributed by atoms with Crippen LogP contribution in [0.15, 0.2) is 23.0 Å². The molecule has 4 rings (SSSR count). The molecule has 0 saturated carbocycles. The lowest BCUT2D eigenvalue weighted by molar-refractivity contribution is 0.164. The first kappa shape index (κ1) is 15.0. The SMILES string of the molecule is CCc1noc([C@@H](C)N2CCN(c3ccc4nncn4n3)CC2)n1. The van der Waals surface area contributed by atoms with Crippen LogP contribution in [0.25, 0.3) is 5.65 Å². The lowest BCUT2D eigenvalue weighted by Crippen LogP contribution is -2.47. The van der Waals surface area contributed by atoms with Crippen LogP contribution in [0.4, 0.5) is 5.82 Å². The van der Waals surface area contributed by atoms with Crippen molar-refractivity contribution in [1.29, 1.82) is 0 Å². The molecule has 24 heavy (non-hydrogen) atoms. The molecule has 126 valence electrons. The zero-order valence-electron chi connectivity index (χ0n) is 13.8. The molecule has 0 N–H and O–H groups in total. The van der Waals surface area contributed by atoms with Crippen LogP contribution in [-0.4, -0.2) is 61.0 Å². The van der Waals surface area contributed by atoms with Crippen molar-refractivity contribution in [1.82, 2.24) is 34.9 Å². The Labute approximate surface area is 139 Å². The highest BCUT2D eigenvalue weighted by Crippen LogP contribution is 2.22. The summed E-state index contributed by atoms with van der Waals surface area (Å²) >= 11 is 0. The quantitative estimate of drug-likeness (QED) is 0.699. The van der Waals surface area contributed by atoms with Gasteiger partial charge in [0.15, 0.2) is 11.5 Å². The number of nitrogens with zero attached hydrogens (tertiary/aromatic N) is 8. The molecule has 0 unspecified atom stereocenters. The zero-order chi connectivity index (χ0) is 16.5. The molecule has 0 aromatic carbocycles. The monoisotopic (exact) mass is 328 g/mol. The largest absolute Gasteiger partial charge is 0.353 e. The van der Waals surface area contributed by atoms with E-state index in [0.29, 0.717) is 5.89 Å². The average Bonchev–Trinajstić information content (AvgIpc) is 3.29. The number of hydrogen-bond donors (Lipinski definition) is 0. The van der Waals surface area contributed by atoms with Gasteiger partial charge >= 0.3 is 0 Å². The van der Waals surface area contributed by atoms with Crippen molar-refractivity contribution in [3.8, 4) is 0 Å². The smallest absolute Gasteiger partial charge is 0.243 e. The molecule has 1 aliphatic rings. The molecule has 1 fully saturated rings. The molecule has 0 bridgehead atoms. The van der Waals surface area contributed by atoms with Crippen LogP contribution in [0.1, 0.15) is 31.6 Å². The van der Waals surface area contributed by atoms with Crippen LogP contribution in [0, 0.1) is 0 Å². The zero-order valence-corrected chi connectivity index (χ0v) is 13.8. The van der Waals surface area contributed by atoms with Crippen molar-refractivity contribution >= 4 is 11.5 Å². The van der Waals surface area contributed by atoms with Gasteiger partial charge in [0, 0.05) is 32.6 Å². The molecular weight excluding hydrogens is 308 g/mol.